The largest absolute Gasteiger partial charge is 0.469 e. The van der Waals surface area contributed by atoms with Crippen molar-refractivity contribution < 1.29 is 14.7 Å². The Bertz CT molecular complexity index is 259. The number of hydrogen-bond acceptors (Lipinski definition) is 4. The van der Waals surface area contributed by atoms with Crippen LogP contribution in [-0.2, 0) is 9.53 Å². The van der Waals surface area contributed by atoms with Crippen LogP contribution in [-0.4, -0.2) is 24.3 Å². The quantitative estimate of drug-likeness (QED) is 0.214. The van der Waals surface area contributed by atoms with Gasteiger partial charge in [0.05, 0.1) is 7.11 Å². The maximum absolute atomic E-state index is 11.0. The molecule has 2 N–H and O–H groups in total. The van der Waals surface area contributed by atoms with Gasteiger partial charge in [0.25, 0.3) is 0 Å². The molecule has 1 unspecified atom stereocenters. The SMILES string of the molecule is CCCCCCCCCCCC(CCCCCC(=O)OC)NO. The Hall–Kier alpha value is -0.610. The van der Waals surface area contributed by atoms with Gasteiger partial charge in [-0.3, -0.25) is 4.79 Å². The van der Waals surface area contributed by atoms with Gasteiger partial charge in [0, 0.05) is 12.5 Å². The van der Waals surface area contributed by atoms with Gasteiger partial charge in [-0.25, -0.2) is 5.48 Å². The number of esters is 1. The molecule has 4 heteroatoms. The van der Waals surface area contributed by atoms with Crippen molar-refractivity contribution in [1.82, 2.24) is 5.48 Å². The molecule has 0 aromatic heterocycles. The van der Waals surface area contributed by atoms with Crippen molar-refractivity contribution in [2.75, 3.05) is 7.11 Å². The fraction of sp³-hybridized carbons (Fsp3) is 0.947. The van der Waals surface area contributed by atoms with Crippen molar-refractivity contribution in [3.63, 3.8) is 0 Å². The van der Waals surface area contributed by atoms with E-state index in [0.717, 1.165) is 32.1 Å². The van der Waals surface area contributed by atoms with E-state index in [1.807, 2.05) is 0 Å². The molecule has 23 heavy (non-hydrogen) atoms. The molecule has 0 fully saturated rings. The summed E-state index contributed by atoms with van der Waals surface area (Å²) in [6.07, 6.45) is 17.5. The molecule has 0 spiro atoms. The first-order valence-corrected chi connectivity index (χ1v) is 9.71. The van der Waals surface area contributed by atoms with E-state index in [0.29, 0.717) is 6.42 Å². The van der Waals surface area contributed by atoms with E-state index in [1.54, 1.807) is 0 Å². The van der Waals surface area contributed by atoms with Crippen molar-refractivity contribution >= 4 is 5.97 Å². The van der Waals surface area contributed by atoms with Gasteiger partial charge in [0.15, 0.2) is 0 Å². The zero-order valence-corrected chi connectivity index (χ0v) is 15.4. The summed E-state index contributed by atoms with van der Waals surface area (Å²) in [7, 11) is 1.43. The molecule has 0 aliphatic carbocycles. The fourth-order valence-corrected chi connectivity index (χ4v) is 2.91. The summed E-state index contributed by atoms with van der Waals surface area (Å²) < 4.78 is 4.62. The van der Waals surface area contributed by atoms with Crippen molar-refractivity contribution in [2.24, 2.45) is 0 Å². The second-order valence-electron chi connectivity index (χ2n) is 6.62. The van der Waals surface area contributed by atoms with Crippen LogP contribution in [0, 0.1) is 0 Å². The average molecular weight is 330 g/mol. The highest BCUT2D eigenvalue weighted by atomic mass is 16.5. The summed E-state index contributed by atoms with van der Waals surface area (Å²) in [5.41, 5.74) is 2.45. The van der Waals surface area contributed by atoms with Crippen LogP contribution in [0.5, 0.6) is 0 Å². The van der Waals surface area contributed by atoms with Crippen LogP contribution in [0.15, 0.2) is 0 Å². The summed E-state index contributed by atoms with van der Waals surface area (Å²) in [4.78, 5) is 11.0. The normalized spacial score (nSPS) is 12.3. The second kappa shape index (κ2) is 17.7. The van der Waals surface area contributed by atoms with Crippen molar-refractivity contribution in [1.29, 1.82) is 0 Å². The predicted octanol–water partition coefficient (Wildman–Crippen LogP) is 5.38. The number of nitrogens with one attached hydrogen (secondary N) is 1. The second-order valence-corrected chi connectivity index (χ2v) is 6.62. The molecular weight excluding hydrogens is 290 g/mol. The van der Waals surface area contributed by atoms with Crippen molar-refractivity contribution in [3.8, 4) is 0 Å². The molecule has 0 saturated carbocycles. The van der Waals surface area contributed by atoms with E-state index < -0.39 is 0 Å². The van der Waals surface area contributed by atoms with Crippen LogP contribution in [0.3, 0.4) is 0 Å². The molecular formula is C19H39NO3. The third-order valence-corrected chi connectivity index (χ3v) is 4.50. The van der Waals surface area contributed by atoms with Crippen molar-refractivity contribution in [2.45, 2.75) is 109 Å². The highest BCUT2D eigenvalue weighted by Gasteiger charge is 2.07. The van der Waals surface area contributed by atoms with E-state index in [4.69, 9.17) is 0 Å². The van der Waals surface area contributed by atoms with Gasteiger partial charge >= 0.3 is 5.97 Å². The Morgan fingerprint density at radius 3 is 1.83 bits per heavy atom. The smallest absolute Gasteiger partial charge is 0.305 e. The first-order chi connectivity index (χ1) is 11.2. The van der Waals surface area contributed by atoms with Crippen LogP contribution < -0.4 is 5.48 Å². The first kappa shape index (κ1) is 22.4. The molecule has 0 aromatic carbocycles. The standard InChI is InChI=1S/C19H39NO3/c1-3-4-5-6-7-8-9-10-12-15-18(20-22)16-13-11-14-17-19(21)23-2/h18,20,22H,3-17H2,1-2H3. The molecule has 0 radical (unpaired) electrons. The molecule has 138 valence electrons. The minimum absolute atomic E-state index is 0.128. The van der Waals surface area contributed by atoms with E-state index in [2.05, 4.69) is 17.1 Å². The number of carbonyl (C=O) groups excluding carboxylic acids is 1. The highest BCUT2D eigenvalue weighted by Crippen LogP contribution is 2.14. The molecule has 0 amide bonds. The van der Waals surface area contributed by atoms with Gasteiger partial charge in [0.2, 0.25) is 0 Å². The lowest BCUT2D eigenvalue weighted by Crippen LogP contribution is -2.25. The van der Waals surface area contributed by atoms with Gasteiger partial charge in [-0.2, -0.15) is 0 Å². The third-order valence-electron chi connectivity index (χ3n) is 4.50. The molecule has 0 rings (SSSR count). The van der Waals surface area contributed by atoms with Crippen LogP contribution in [0.25, 0.3) is 0 Å². The van der Waals surface area contributed by atoms with Gasteiger partial charge in [-0.05, 0) is 19.3 Å². The molecule has 0 aliphatic heterocycles. The minimum Gasteiger partial charge on any atom is -0.469 e. The Balaban J connectivity index is 3.36. The van der Waals surface area contributed by atoms with E-state index in [-0.39, 0.29) is 12.0 Å². The molecule has 0 aromatic rings. The molecule has 0 bridgehead atoms. The number of rotatable bonds is 17. The first-order valence-electron chi connectivity index (χ1n) is 9.71. The van der Waals surface area contributed by atoms with Crippen molar-refractivity contribution in [3.05, 3.63) is 0 Å². The molecule has 1 atom stereocenters. The van der Waals surface area contributed by atoms with E-state index in [1.165, 1.54) is 64.9 Å². The number of methoxy groups -OCH3 is 1. The zero-order chi connectivity index (χ0) is 17.2. The summed E-state index contributed by atoms with van der Waals surface area (Å²) in [6.45, 7) is 2.25. The number of ether oxygens (including phenoxy) is 1. The lowest BCUT2D eigenvalue weighted by atomic mass is 10.0. The van der Waals surface area contributed by atoms with Gasteiger partial charge < -0.3 is 9.94 Å². The Morgan fingerprint density at radius 1 is 0.870 bits per heavy atom. The number of hydroxylamine groups is 1. The zero-order valence-electron chi connectivity index (χ0n) is 15.4. The number of hydrogen-bond donors (Lipinski definition) is 2. The van der Waals surface area contributed by atoms with Crippen LogP contribution in [0.4, 0.5) is 0 Å². The maximum atomic E-state index is 11.0. The monoisotopic (exact) mass is 329 g/mol. The Labute approximate surface area is 143 Å². The Kier molecular flexibility index (Phi) is 17.3. The molecule has 4 nitrogen and oxygen atoms in total. The van der Waals surface area contributed by atoms with Crippen LogP contribution in [0.2, 0.25) is 0 Å². The highest BCUT2D eigenvalue weighted by molar-refractivity contribution is 5.68. The number of carbonyl (C=O) groups is 1. The van der Waals surface area contributed by atoms with Crippen LogP contribution >= 0.6 is 0 Å². The summed E-state index contributed by atoms with van der Waals surface area (Å²) in [5.74, 6) is -0.128. The van der Waals surface area contributed by atoms with Gasteiger partial charge in [-0.15, -0.1) is 0 Å². The van der Waals surface area contributed by atoms with E-state index in [9.17, 15) is 10.0 Å². The summed E-state index contributed by atoms with van der Waals surface area (Å²) in [5, 5.41) is 9.21. The fourth-order valence-electron chi connectivity index (χ4n) is 2.91. The topological polar surface area (TPSA) is 58.6 Å². The minimum atomic E-state index is -0.128. The lowest BCUT2D eigenvalue weighted by Gasteiger charge is -2.14. The summed E-state index contributed by atoms with van der Waals surface area (Å²) >= 11 is 0. The summed E-state index contributed by atoms with van der Waals surface area (Å²) in [6, 6.07) is 0.206. The van der Waals surface area contributed by atoms with Gasteiger partial charge in [0.1, 0.15) is 0 Å². The Morgan fingerprint density at radius 2 is 1.35 bits per heavy atom. The lowest BCUT2D eigenvalue weighted by molar-refractivity contribution is -0.140. The average Bonchev–Trinajstić information content (AvgIpc) is 2.57. The van der Waals surface area contributed by atoms with Crippen LogP contribution in [0.1, 0.15) is 103 Å². The van der Waals surface area contributed by atoms with Gasteiger partial charge in [-0.1, -0.05) is 77.6 Å². The third kappa shape index (κ3) is 16.0. The molecule has 0 aliphatic rings. The maximum Gasteiger partial charge on any atom is 0.305 e. The number of unbranched alkanes of at least 4 members (excludes halogenated alkanes) is 10. The van der Waals surface area contributed by atoms with E-state index >= 15 is 0 Å². The molecule has 0 heterocycles. The predicted molar refractivity (Wildman–Crippen MR) is 95.7 cm³/mol. The molecule has 0 saturated heterocycles.